The van der Waals surface area contributed by atoms with Gasteiger partial charge in [-0.05, 0) is 25.1 Å². The Balaban J connectivity index is 2.32. The molecule has 0 aliphatic heterocycles. The van der Waals surface area contributed by atoms with E-state index in [1.165, 1.54) is 11.2 Å². The second-order valence-corrected chi connectivity index (χ2v) is 6.46. The highest BCUT2D eigenvalue weighted by atomic mass is 32.1. The number of nitrogens with zero attached hydrogens (tertiary/aromatic N) is 2. The topological polar surface area (TPSA) is 63.2 Å². The number of fused-ring (bicyclic) bond motifs is 1. The average Bonchev–Trinajstić information content (AvgIpc) is 2.86. The van der Waals surface area contributed by atoms with Gasteiger partial charge in [0.1, 0.15) is 12.6 Å². The van der Waals surface area contributed by atoms with Crippen LogP contribution < -0.4 is 10.00 Å². The van der Waals surface area contributed by atoms with Gasteiger partial charge in [0.2, 0.25) is 16.1 Å². The Labute approximate surface area is 137 Å². The molecule has 118 valence electrons. The summed E-state index contributed by atoms with van der Waals surface area (Å²) in [5.74, 6) is -1.19. The fourth-order valence-electron chi connectivity index (χ4n) is 2.69. The van der Waals surface area contributed by atoms with E-state index in [4.69, 9.17) is 0 Å². The summed E-state index contributed by atoms with van der Waals surface area (Å²) in [7, 11) is 2.01. The zero-order valence-corrected chi connectivity index (χ0v) is 14.0. The fraction of sp³-hybridized carbons (Fsp3) is 0.235. The van der Waals surface area contributed by atoms with Crippen LogP contribution in [0.5, 0.6) is 0 Å². The van der Waals surface area contributed by atoms with Gasteiger partial charge in [-0.25, -0.2) is 4.79 Å². The van der Waals surface area contributed by atoms with Crippen molar-refractivity contribution < 1.29 is 14.5 Å². The summed E-state index contributed by atoms with van der Waals surface area (Å²) in [5.41, 5.74) is 2.21. The van der Waals surface area contributed by atoms with E-state index >= 15 is 0 Å². The molecule has 3 aromatic rings. The average molecular weight is 329 g/mol. The van der Waals surface area contributed by atoms with Gasteiger partial charge < -0.3 is 9.67 Å². The van der Waals surface area contributed by atoms with Gasteiger partial charge in [0.15, 0.2) is 0 Å². The summed E-state index contributed by atoms with van der Waals surface area (Å²) >= 11 is 1.67. The van der Waals surface area contributed by atoms with E-state index in [1.54, 1.807) is 17.4 Å². The first-order chi connectivity index (χ1) is 10.9. The number of benzene rings is 1. The van der Waals surface area contributed by atoms with E-state index in [9.17, 15) is 14.7 Å². The van der Waals surface area contributed by atoms with Crippen LogP contribution in [0.2, 0.25) is 0 Å². The van der Waals surface area contributed by atoms with E-state index in [0.29, 0.717) is 11.9 Å². The molecule has 0 aliphatic rings. The number of hydrogen-bond acceptors (Lipinski definition) is 3. The van der Waals surface area contributed by atoms with E-state index in [2.05, 4.69) is 16.9 Å². The highest BCUT2D eigenvalue weighted by Crippen LogP contribution is 2.23. The van der Waals surface area contributed by atoms with Gasteiger partial charge in [0.25, 0.3) is 0 Å². The largest absolute Gasteiger partial charge is 0.477 e. The molecule has 0 saturated carbocycles. The molecule has 0 atom stereocenters. The number of hydrogen-bond donors (Lipinski definition) is 1. The van der Waals surface area contributed by atoms with E-state index in [0.717, 1.165) is 16.8 Å². The Morgan fingerprint density at radius 1 is 1.39 bits per heavy atom. The van der Waals surface area contributed by atoms with Crippen LogP contribution >= 0.6 is 11.3 Å². The summed E-state index contributed by atoms with van der Waals surface area (Å²) < 4.78 is 3.91. The maximum Gasteiger partial charge on any atom is 0.341 e. The summed E-state index contributed by atoms with van der Waals surface area (Å²) in [6.45, 7) is 4.57. The molecular formula is C17H17N2O3S+. The quantitative estimate of drug-likeness (QED) is 0.751. The van der Waals surface area contributed by atoms with Gasteiger partial charge >= 0.3 is 5.97 Å². The Hall–Kier alpha value is -2.47. The number of carboxylic acid groups (broad SMARTS) is 1. The molecule has 1 aromatic carbocycles. The highest BCUT2D eigenvalue weighted by Gasteiger charge is 2.18. The SMILES string of the molecule is CCn1cc(C(=O)O)c(=O)c2ccc(-c3csc(C)[n+]3C)cc21. The van der Waals surface area contributed by atoms with Crippen molar-refractivity contribution >= 4 is 28.2 Å². The standard InChI is InChI=1S/C17H16N2O3S/c1-4-19-8-13(17(21)22)16(20)12-6-5-11(7-14(12)19)15-9-23-10(2)18(15)3/h5-9H,4H2,1-3H3/p+1. The predicted molar refractivity (Wildman–Crippen MR) is 90.1 cm³/mol. The summed E-state index contributed by atoms with van der Waals surface area (Å²) in [4.78, 5) is 23.6. The molecule has 0 radical (unpaired) electrons. The van der Waals surface area contributed by atoms with Gasteiger partial charge in [0, 0.05) is 30.6 Å². The van der Waals surface area contributed by atoms with Crippen molar-refractivity contribution in [1.29, 1.82) is 0 Å². The van der Waals surface area contributed by atoms with Crippen molar-refractivity contribution in [3.8, 4) is 11.3 Å². The predicted octanol–water partition coefficient (Wildman–Crippen LogP) is 2.58. The Kier molecular flexibility index (Phi) is 3.77. The molecule has 23 heavy (non-hydrogen) atoms. The van der Waals surface area contributed by atoms with Crippen LogP contribution in [0.15, 0.2) is 34.6 Å². The molecule has 0 aliphatic carbocycles. The van der Waals surface area contributed by atoms with E-state index in [-0.39, 0.29) is 5.56 Å². The third-order valence-electron chi connectivity index (χ3n) is 4.12. The molecule has 5 nitrogen and oxygen atoms in total. The summed E-state index contributed by atoms with van der Waals surface area (Å²) in [5, 5.41) is 12.9. The normalized spacial score (nSPS) is 11.1. The number of aryl methyl sites for hydroxylation is 2. The number of carboxylic acids is 1. The smallest absolute Gasteiger partial charge is 0.341 e. The first kappa shape index (κ1) is 15.4. The minimum atomic E-state index is -1.19. The van der Waals surface area contributed by atoms with Gasteiger partial charge in [-0.3, -0.25) is 4.79 Å². The second kappa shape index (κ2) is 5.62. The van der Waals surface area contributed by atoms with Crippen LogP contribution in [0.1, 0.15) is 22.3 Å². The highest BCUT2D eigenvalue weighted by molar-refractivity contribution is 7.09. The third kappa shape index (κ3) is 2.45. The first-order valence-electron chi connectivity index (χ1n) is 7.29. The number of thiazole rings is 1. The number of aromatic carboxylic acids is 1. The molecule has 0 fully saturated rings. The van der Waals surface area contributed by atoms with Crippen molar-refractivity contribution in [2.24, 2.45) is 7.05 Å². The van der Waals surface area contributed by atoms with Crippen LogP contribution in [0, 0.1) is 6.92 Å². The summed E-state index contributed by atoms with van der Waals surface area (Å²) in [6, 6.07) is 5.54. The van der Waals surface area contributed by atoms with Crippen molar-refractivity contribution in [3.05, 3.63) is 50.6 Å². The molecule has 0 amide bonds. The number of carbonyl (C=O) groups is 1. The molecule has 2 heterocycles. The molecule has 1 N–H and O–H groups in total. The van der Waals surface area contributed by atoms with E-state index < -0.39 is 11.4 Å². The zero-order valence-electron chi connectivity index (χ0n) is 13.2. The monoisotopic (exact) mass is 329 g/mol. The first-order valence-corrected chi connectivity index (χ1v) is 8.17. The number of pyridine rings is 1. The van der Waals surface area contributed by atoms with Gasteiger partial charge in [-0.2, -0.15) is 4.57 Å². The second-order valence-electron chi connectivity index (χ2n) is 5.39. The molecule has 0 unspecified atom stereocenters. The maximum atomic E-state index is 12.4. The van der Waals surface area contributed by atoms with Crippen molar-refractivity contribution in [2.45, 2.75) is 20.4 Å². The van der Waals surface area contributed by atoms with E-state index in [1.807, 2.05) is 30.7 Å². The number of aromatic nitrogens is 2. The Bertz CT molecular complexity index is 985. The van der Waals surface area contributed by atoms with Crippen LogP contribution in [-0.4, -0.2) is 15.6 Å². The molecule has 6 heteroatoms. The molecule has 2 aromatic heterocycles. The molecular weight excluding hydrogens is 312 g/mol. The van der Waals surface area contributed by atoms with Gasteiger partial charge in [-0.1, -0.05) is 11.3 Å². The van der Waals surface area contributed by atoms with Crippen LogP contribution in [0.25, 0.3) is 22.2 Å². The van der Waals surface area contributed by atoms with Crippen LogP contribution in [0.4, 0.5) is 0 Å². The minimum absolute atomic E-state index is 0.191. The lowest BCUT2D eigenvalue weighted by atomic mass is 10.1. The number of rotatable bonds is 3. The van der Waals surface area contributed by atoms with Crippen LogP contribution in [0.3, 0.4) is 0 Å². The molecule has 0 saturated heterocycles. The zero-order chi connectivity index (χ0) is 16.7. The molecule has 0 bridgehead atoms. The Morgan fingerprint density at radius 2 is 2.13 bits per heavy atom. The van der Waals surface area contributed by atoms with Crippen molar-refractivity contribution in [2.75, 3.05) is 0 Å². The van der Waals surface area contributed by atoms with Crippen LogP contribution in [-0.2, 0) is 13.6 Å². The van der Waals surface area contributed by atoms with Gasteiger partial charge in [0.05, 0.1) is 10.9 Å². The third-order valence-corrected chi connectivity index (χ3v) is 5.08. The maximum absolute atomic E-state index is 12.4. The van der Waals surface area contributed by atoms with Crippen molar-refractivity contribution in [3.63, 3.8) is 0 Å². The minimum Gasteiger partial charge on any atom is -0.477 e. The molecule has 3 rings (SSSR count). The Morgan fingerprint density at radius 3 is 2.70 bits per heavy atom. The summed E-state index contributed by atoms with van der Waals surface area (Å²) in [6.07, 6.45) is 1.43. The lowest BCUT2D eigenvalue weighted by molar-refractivity contribution is -0.661. The lowest BCUT2D eigenvalue weighted by Gasteiger charge is -2.10. The lowest BCUT2D eigenvalue weighted by Crippen LogP contribution is -2.30. The van der Waals surface area contributed by atoms with Crippen molar-refractivity contribution in [1.82, 2.24) is 4.57 Å². The van der Waals surface area contributed by atoms with Gasteiger partial charge in [-0.15, -0.1) is 0 Å². The molecule has 0 spiro atoms. The fourth-order valence-corrected chi connectivity index (χ4v) is 3.53.